The fourth-order valence-electron chi connectivity index (χ4n) is 0.987. The second-order valence-electron chi connectivity index (χ2n) is 2.50. The summed E-state index contributed by atoms with van der Waals surface area (Å²) in [4.78, 5) is 16.5. The van der Waals surface area contributed by atoms with Crippen LogP contribution in [-0.4, -0.2) is 22.8 Å². The van der Waals surface area contributed by atoms with Gasteiger partial charge in [-0.3, -0.25) is 4.79 Å². The summed E-state index contributed by atoms with van der Waals surface area (Å²) in [7, 11) is 0. The van der Waals surface area contributed by atoms with Gasteiger partial charge in [-0.05, 0) is 20.1 Å². The van der Waals surface area contributed by atoms with Crippen molar-refractivity contribution in [2.24, 2.45) is 0 Å². The maximum atomic E-state index is 11.4. The summed E-state index contributed by atoms with van der Waals surface area (Å²) in [6, 6.07) is 0. The number of rotatable bonds is 3. The molecule has 4 heteroatoms. The van der Waals surface area contributed by atoms with Crippen LogP contribution in [0.2, 0.25) is 0 Å². The van der Waals surface area contributed by atoms with Gasteiger partial charge in [-0.1, -0.05) is 0 Å². The lowest BCUT2D eigenvalue weighted by Crippen LogP contribution is -2.00. The van der Waals surface area contributed by atoms with Crippen molar-refractivity contribution in [1.82, 2.24) is 4.98 Å². The van der Waals surface area contributed by atoms with E-state index in [0.29, 0.717) is 5.75 Å². The number of hydrogen-bond acceptors (Lipinski definition) is 4. The van der Waals surface area contributed by atoms with Crippen molar-refractivity contribution < 1.29 is 4.79 Å². The standard InChI is InChI=1S/C8H11NOS2/c1-5-8(7(10)4-11-3)12-6(2)9-5/h4H2,1-3H3. The Balaban J connectivity index is 2.87. The molecule has 2 nitrogen and oxygen atoms in total. The maximum absolute atomic E-state index is 11.4. The molecule has 0 aromatic carbocycles. The zero-order valence-corrected chi connectivity index (χ0v) is 9.01. The third-order valence-electron chi connectivity index (χ3n) is 1.43. The van der Waals surface area contributed by atoms with E-state index in [1.165, 1.54) is 11.3 Å². The number of nitrogens with zero attached hydrogens (tertiary/aromatic N) is 1. The van der Waals surface area contributed by atoms with Gasteiger partial charge in [0.05, 0.1) is 21.3 Å². The molecule has 1 aromatic rings. The zero-order valence-electron chi connectivity index (χ0n) is 7.38. The molecule has 0 aliphatic carbocycles. The van der Waals surface area contributed by atoms with Crippen molar-refractivity contribution >= 4 is 28.9 Å². The largest absolute Gasteiger partial charge is 0.292 e. The van der Waals surface area contributed by atoms with E-state index in [4.69, 9.17) is 0 Å². The number of hydrogen-bond donors (Lipinski definition) is 0. The summed E-state index contributed by atoms with van der Waals surface area (Å²) < 4.78 is 0. The van der Waals surface area contributed by atoms with Gasteiger partial charge >= 0.3 is 0 Å². The molecule has 0 spiro atoms. The van der Waals surface area contributed by atoms with Gasteiger partial charge in [0.25, 0.3) is 0 Å². The molecule has 0 aliphatic rings. The van der Waals surface area contributed by atoms with E-state index >= 15 is 0 Å². The number of aryl methyl sites for hydroxylation is 2. The smallest absolute Gasteiger partial charge is 0.184 e. The Morgan fingerprint density at radius 3 is 2.67 bits per heavy atom. The van der Waals surface area contributed by atoms with Crippen molar-refractivity contribution in [3.05, 3.63) is 15.6 Å². The number of aromatic nitrogens is 1. The van der Waals surface area contributed by atoms with Crippen LogP contribution in [0.5, 0.6) is 0 Å². The van der Waals surface area contributed by atoms with Crippen LogP contribution in [-0.2, 0) is 0 Å². The molecule has 0 saturated heterocycles. The molecule has 1 heterocycles. The molecule has 0 unspecified atom stereocenters. The van der Waals surface area contributed by atoms with E-state index in [0.717, 1.165) is 15.6 Å². The highest BCUT2D eigenvalue weighted by Crippen LogP contribution is 2.18. The SMILES string of the molecule is CSCC(=O)c1sc(C)nc1C. The van der Waals surface area contributed by atoms with E-state index in [1.54, 1.807) is 11.8 Å². The quantitative estimate of drug-likeness (QED) is 0.703. The molecule has 0 bridgehead atoms. The van der Waals surface area contributed by atoms with Gasteiger partial charge in [0, 0.05) is 0 Å². The third-order valence-corrected chi connectivity index (χ3v) is 3.10. The van der Waals surface area contributed by atoms with Gasteiger partial charge in [-0.15, -0.1) is 11.3 Å². The molecule has 12 heavy (non-hydrogen) atoms. The Kier molecular flexibility index (Phi) is 3.29. The Morgan fingerprint density at radius 2 is 2.25 bits per heavy atom. The number of carbonyl (C=O) groups excluding carboxylic acids is 1. The van der Waals surface area contributed by atoms with Crippen molar-refractivity contribution in [3.63, 3.8) is 0 Å². The minimum atomic E-state index is 0.200. The van der Waals surface area contributed by atoms with Crippen molar-refractivity contribution in [2.45, 2.75) is 13.8 Å². The monoisotopic (exact) mass is 201 g/mol. The molecule has 0 saturated carbocycles. The first-order chi connectivity index (χ1) is 5.65. The molecule has 0 atom stereocenters. The van der Waals surface area contributed by atoms with Crippen LogP contribution in [0.25, 0.3) is 0 Å². The normalized spacial score (nSPS) is 10.2. The van der Waals surface area contributed by atoms with E-state index < -0.39 is 0 Å². The van der Waals surface area contributed by atoms with Crippen LogP contribution >= 0.6 is 23.1 Å². The number of ketones is 1. The maximum Gasteiger partial charge on any atom is 0.184 e. The van der Waals surface area contributed by atoms with Crippen LogP contribution < -0.4 is 0 Å². The average molecular weight is 201 g/mol. The van der Waals surface area contributed by atoms with Crippen molar-refractivity contribution in [1.29, 1.82) is 0 Å². The highest BCUT2D eigenvalue weighted by molar-refractivity contribution is 7.99. The minimum Gasteiger partial charge on any atom is -0.292 e. The third kappa shape index (κ3) is 2.08. The number of Topliss-reactive ketones (excluding diaryl/α,β-unsaturated/α-hetero) is 1. The number of thiazole rings is 1. The second kappa shape index (κ2) is 4.05. The van der Waals surface area contributed by atoms with Gasteiger partial charge in [0.1, 0.15) is 0 Å². The van der Waals surface area contributed by atoms with E-state index in [1.807, 2.05) is 20.1 Å². The molecule has 1 rings (SSSR count). The fourth-order valence-corrected chi connectivity index (χ4v) is 2.34. The van der Waals surface area contributed by atoms with E-state index in [-0.39, 0.29) is 5.78 Å². The molecule has 66 valence electrons. The lowest BCUT2D eigenvalue weighted by molar-refractivity contribution is 0.102. The second-order valence-corrected chi connectivity index (χ2v) is 4.57. The summed E-state index contributed by atoms with van der Waals surface area (Å²) in [5, 5.41) is 0.969. The first kappa shape index (κ1) is 9.74. The Morgan fingerprint density at radius 1 is 1.58 bits per heavy atom. The Labute approximate surface area is 80.4 Å². The summed E-state index contributed by atoms with van der Waals surface area (Å²) >= 11 is 3.04. The van der Waals surface area contributed by atoms with Crippen molar-refractivity contribution in [3.8, 4) is 0 Å². The zero-order chi connectivity index (χ0) is 9.14. The number of carbonyl (C=O) groups is 1. The van der Waals surface area contributed by atoms with Crippen LogP contribution in [0.15, 0.2) is 0 Å². The topological polar surface area (TPSA) is 30.0 Å². The summed E-state index contributed by atoms with van der Waals surface area (Å²) in [6.07, 6.45) is 1.93. The van der Waals surface area contributed by atoms with Gasteiger partial charge < -0.3 is 0 Å². The highest BCUT2D eigenvalue weighted by atomic mass is 32.2. The molecule has 0 radical (unpaired) electrons. The van der Waals surface area contributed by atoms with E-state index in [9.17, 15) is 4.79 Å². The predicted octanol–water partition coefficient (Wildman–Crippen LogP) is 2.31. The molecule has 1 aromatic heterocycles. The lowest BCUT2D eigenvalue weighted by Gasteiger charge is -1.93. The summed E-state index contributed by atoms with van der Waals surface area (Å²) in [6.45, 7) is 3.81. The minimum absolute atomic E-state index is 0.200. The number of thioether (sulfide) groups is 1. The van der Waals surface area contributed by atoms with Gasteiger partial charge in [0.15, 0.2) is 5.78 Å². The fraction of sp³-hybridized carbons (Fsp3) is 0.500. The molecule has 0 aliphatic heterocycles. The summed E-state index contributed by atoms with van der Waals surface area (Å²) in [5.41, 5.74) is 0.872. The van der Waals surface area contributed by atoms with Crippen LogP contribution in [0.3, 0.4) is 0 Å². The molecule has 0 N–H and O–H groups in total. The van der Waals surface area contributed by atoms with Crippen molar-refractivity contribution in [2.75, 3.05) is 12.0 Å². The van der Waals surface area contributed by atoms with Gasteiger partial charge in [0.2, 0.25) is 0 Å². The molecule has 0 fully saturated rings. The lowest BCUT2D eigenvalue weighted by atomic mass is 10.3. The molecular formula is C8H11NOS2. The van der Waals surface area contributed by atoms with Crippen LogP contribution in [0, 0.1) is 13.8 Å². The van der Waals surface area contributed by atoms with Gasteiger partial charge in [-0.25, -0.2) is 4.98 Å². The predicted molar refractivity (Wildman–Crippen MR) is 54.3 cm³/mol. The summed E-state index contributed by atoms with van der Waals surface area (Å²) in [5.74, 6) is 0.758. The Bertz CT molecular complexity index is 293. The van der Waals surface area contributed by atoms with Gasteiger partial charge in [-0.2, -0.15) is 11.8 Å². The molecular weight excluding hydrogens is 190 g/mol. The Hall–Kier alpha value is -0.350. The van der Waals surface area contributed by atoms with E-state index in [2.05, 4.69) is 4.98 Å². The van der Waals surface area contributed by atoms with Crippen LogP contribution in [0.1, 0.15) is 20.4 Å². The molecule has 0 amide bonds. The highest BCUT2D eigenvalue weighted by Gasteiger charge is 2.12. The van der Waals surface area contributed by atoms with Crippen LogP contribution in [0.4, 0.5) is 0 Å². The average Bonchev–Trinajstić information content (AvgIpc) is 2.30. The first-order valence-corrected chi connectivity index (χ1v) is 5.82. The first-order valence-electron chi connectivity index (χ1n) is 3.61.